The van der Waals surface area contributed by atoms with Gasteiger partial charge in [0, 0.05) is 6.04 Å². The Hall–Kier alpha value is -2.06. The monoisotopic (exact) mass is 303 g/mol. The average molecular weight is 303 g/mol. The number of amides is 1. The van der Waals surface area contributed by atoms with Crippen molar-refractivity contribution in [1.29, 1.82) is 5.26 Å². The van der Waals surface area contributed by atoms with Gasteiger partial charge in [-0.2, -0.15) is 5.26 Å². The van der Waals surface area contributed by atoms with Crippen molar-refractivity contribution in [2.75, 3.05) is 13.6 Å². The van der Waals surface area contributed by atoms with E-state index in [1.165, 1.54) is 0 Å². The SMILES string of the molecule is CC(C)[C@](C)(C#N)NC(=O)CN(C)[C@H](C)c1cccc(O)c1. The zero-order valence-electron chi connectivity index (χ0n) is 13.9. The highest BCUT2D eigenvalue weighted by atomic mass is 16.3. The zero-order valence-corrected chi connectivity index (χ0v) is 13.9. The molecule has 0 aliphatic heterocycles. The molecule has 0 heterocycles. The van der Waals surface area contributed by atoms with Crippen LogP contribution in [0.15, 0.2) is 24.3 Å². The summed E-state index contributed by atoms with van der Waals surface area (Å²) in [5.74, 6) is 0.0431. The van der Waals surface area contributed by atoms with E-state index in [-0.39, 0.29) is 30.2 Å². The number of nitrogens with zero attached hydrogens (tertiary/aromatic N) is 2. The summed E-state index contributed by atoms with van der Waals surface area (Å²) >= 11 is 0. The first-order valence-electron chi connectivity index (χ1n) is 7.41. The van der Waals surface area contributed by atoms with E-state index >= 15 is 0 Å². The minimum atomic E-state index is -0.869. The fourth-order valence-corrected chi connectivity index (χ4v) is 2.03. The van der Waals surface area contributed by atoms with Crippen molar-refractivity contribution in [3.05, 3.63) is 29.8 Å². The Kier molecular flexibility index (Phi) is 5.95. The zero-order chi connectivity index (χ0) is 16.9. The predicted octanol–water partition coefficient (Wildman–Crippen LogP) is 2.44. The van der Waals surface area contributed by atoms with Crippen molar-refractivity contribution in [2.45, 2.75) is 39.3 Å². The molecule has 0 saturated heterocycles. The molecule has 0 aromatic heterocycles. The van der Waals surface area contributed by atoms with Gasteiger partial charge in [-0.3, -0.25) is 9.69 Å². The van der Waals surface area contributed by atoms with Gasteiger partial charge in [-0.15, -0.1) is 0 Å². The highest BCUT2D eigenvalue weighted by molar-refractivity contribution is 5.79. The molecule has 2 N–H and O–H groups in total. The van der Waals surface area contributed by atoms with Crippen molar-refractivity contribution in [2.24, 2.45) is 5.92 Å². The van der Waals surface area contributed by atoms with Crippen LogP contribution in [0.4, 0.5) is 0 Å². The summed E-state index contributed by atoms with van der Waals surface area (Å²) in [6.45, 7) is 7.69. The number of phenolic OH excluding ortho intramolecular Hbond substituents is 1. The van der Waals surface area contributed by atoms with E-state index in [0.717, 1.165) is 5.56 Å². The van der Waals surface area contributed by atoms with Gasteiger partial charge >= 0.3 is 0 Å². The largest absolute Gasteiger partial charge is 0.508 e. The Morgan fingerprint density at radius 2 is 2.09 bits per heavy atom. The molecule has 22 heavy (non-hydrogen) atoms. The van der Waals surface area contributed by atoms with Gasteiger partial charge in [0.25, 0.3) is 0 Å². The molecule has 5 nitrogen and oxygen atoms in total. The molecule has 1 rings (SSSR count). The molecule has 1 amide bonds. The summed E-state index contributed by atoms with van der Waals surface area (Å²) in [6, 6.07) is 9.13. The number of phenols is 1. The molecule has 0 aliphatic carbocycles. The number of hydrogen-bond donors (Lipinski definition) is 2. The number of rotatable bonds is 6. The summed E-state index contributed by atoms with van der Waals surface area (Å²) in [7, 11) is 1.84. The maximum absolute atomic E-state index is 12.2. The fourth-order valence-electron chi connectivity index (χ4n) is 2.03. The van der Waals surface area contributed by atoms with Crippen LogP contribution in [0.25, 0.3) is 0 Å². The van der Waals surface area contributed by atoms with Crippen LogP contribution in [-0.4, -0.2) is 35.0 Å². The molecular weight excluding hydrogens is 278 g/mol. The molecule has 0 fully saturated rings. The molecule has 1 aromatic rings. The van der Waals surface area contributed by atoms with E-state index in [1.807, 2.05) is 38.8 Å². The van der Waals surface area contributed by atoms with Crippen molar-refractivity contribution in [1.82, 2.24) is 10.2 Å². The number of carbonyl (C=O) groups excluding carboxylic acids is 1. The van der Waals surface area contributed by atoms with Crippen LogP contribution in [-0.2, 0) is 4.79 Å². The summed E-state index contributed by atoms with van der Waals surface area (Å²) in [5.41, 5.74) is 0.0637. The summed E-state index contributed by atoms with van der Waals surface area (Å²) < 4.78 is 0. The Labute approximate surface area is 132 Å². The predicted molar refractivity (Wildman–Crippen MR) is 86.2 cm³/mol. The lowest BCUT2D eigenvalue weighted by Gasteiger charge is -2.30. The van der Waals surface area contributed by atoms with Gasteiger partial charge in [0.2, 0.25) is 5.91 Å². The maximum Gasteiger partial charge on any atom is 0.235 e. The van der Waals surface area contributed by atoms with Crippen LogP contribution >= 0.6 is 0 Å². The first-order valence-corrected chi connectivity index (χ1v) is 7.41. The second-order valence-electron chi connectivity index (χ2n) is 6.20. The van der Waals surface area contributed by atoms with Gasteiger partial charge in [0.05, 0.1) is 12.6 Å². The molecule has 0 spiro atoms. The van der Waals surface area contributed by atoms with Gasteiger partial charge in [-0.05, 0) is 44.5 Å². The first-order chi connectivity index (χ1) is 10.2. The van der Waals surface area contributed by atoms with Crippen LogP contribution in [0.1, 0.15) is 39.3 Å². The van der Waals surface area contributed by atoms with Crippen molar-refractivity contribution in [3.63, 3.8) is 0 Å². The van der Waals surface area contributed by atoms with Gasteiger partial charge in [-0.1, -0.05) is 26.0 Å². The van der Waals surface area contributed by atoms with Crippen molar-refractivity contribution < 1.29 is 9.90 Å². The number of aromatic hydroxyl groups is 1. The van der Waals surface area contributed by atoms with E-state index in [1.54, 1.807) is 25.1 Å². The van der Waals surface area contributed by atoms with Gasteiger partial charge in [0.1, 0.15) is 11.3 Å². The minimum Gasteiger partial charge on any atom is -0.508 e. The summed E-state index contributed by atoms with van der Waals surface area (Å²) in [6.07, 6.45) is 0. The molecule has 0 aliphatic rings. The lowest BCUT2D eigenvalue weighted by Crippen LogP contribution is -2.51. The molecule has 0 bridgehead atoms. The molecule has 2 atom stereocenters. The van der Waals surface area contributed by atoms with Crippen LogP contribution in [0.3, 0.4) is 0 Å². The summed E-state index contributed by atoms with van der Waals surface area (Å²) in [5, 5.41) is 21.6. The second-order valence-corrected chi connectivity index (χ2v) is 6.20. The van der Waals surface area contributed by atoms with Crippen LogP contribution < -0.4 is 5.32 Å². The number of hydrogen-bond acceptors (Lipinski definition) is 4. The molecule has 0 unspecified atom stereocenters. The first kappa shape index (κ1) is 18.0. The van der Waals surface area contributed by atoms with Gasteiger partial charge < -0.3 is 10.4 Å². The maximum atomic E-state index is 12.2. The van der Waals surface area contributed by atoms with E-state index < -0.39 is 5.54 Å². The normalized spacial score (nSPS) is 15.2. The smallest absolute Gasteiger partial charge is 0.235 e. The van der Waals surface area contributed by atoms with E-state index in [0.29, 0.717) is 0 Å². The lowest BCUT2D eigenvalue weighted by atomic mass is 9.90. The Morgan fingerprint density at radius 1 is 1.45 bits per heavy atom. The quantitative estimate of drug-likeness (QED) is 0.846. The summed E-state index contributed by atoms with van der Waals surface area (Å²) in [4.78, 5) is 14.1. The number of carbonyl (C=O) groups is 1. The molecule has 5 heteroatoms. The molecule has 1 aromatic carbocycles. The average Bonchev–Trinajstić information content (AvgIpc) is 2.45. The minimum absolute atomic E-state index is 0.0229. The topological polar surface area (TPSA) is 76.4 Å². The lowest BCUT2D eigenvalue weighted by molar-refractivity contribution is -0.124. The molecule has 0 saturated carbocycles. The van der Waals surface area contributed by atoms with E-state index in [9.17, 15) is 15.2 Å². The Morgan fingerprint density at radius 3 is 2.59 bits per heavy atom. The highest BCUT2D eigenvalue weighted by Crippen LogP contribution is 2.22. The van der Waals surface area contributed by atoms with Crippen LogP contribution in [0.5, 0.6) is 5.75 Å². The van der Waals surface area contributed by atoms with E-state index in [4.69, 9.17) is 0 Å². The van der Waals surface area contributed by atoms with Gasteiger partial charge in [0.15, 0.2) is 0 Å². The third kappa shape index (κ3) is 4.47. The number of nitriles is 1. The van der Waals surface area contributed by atoms with E-state index in [2.05, 4.69) is 11.4 Å². The number of nitrogens with one attached hydrogen (secondary N) is 1. The second kappa shape index (κ2) is 7.28. The van der Waals surface area contributed by atoms with Crippen molar-refractivity contribution in [3.8, 4) is 11.8 Å². The number of benzene rings is 1. The van der Waals surface area contributed by atoms with Crippen molar-refractivity contribution >= 4 is 5.91 Å². The Balaban J connectivity index is 2.70. The fraction of sp³-hybridized carbons (Fsp3) is 0.529. The Bertz CT molecular complexity index is 565. The standard InChI is InChI=1S/C17H25N3O2/c1-12(2)17(4,11-18)19-16(22)10-20(5)13(3)14-7-6-8-15(21)9-14/h6-9,12-13,21H,10H2,1-5H3,(H,19,22)/t13-,17+/m1/s1. The molecular formula is C17H25N3O2. The van der Waals surface area contributed by atoms with Gasteiger partial charge in [-0.25, -0.2) is 0 Å². The highest BCUT2D eigenvalue weighted by Gasteiger charge is 2.30. The van der Waals surface area contributed by atoms with Crippen LogP contribution in [0, 0.1) is 17.2 Å². The third-order valence-electron chi connectivity index (χ3n) is 4.19. The third-order valence-corrected chi connectivity index (χ3v) is 4.19. The molecule has 120 valence electrons. The van der Waals surface area contributed by atoms with Crippen LogP contribution in [0.2, 0.25) is 0 Å². The molecule has 0 radical (unpaired) electrons. The number of likely N-dealkylation sites (N-methyl/N-ethyl adjacent to an activating group) is 1.